The van der Waals surface area contributed by atoms with Gasteiger partial charge in [-0.15, -0.1) is 0 Å². The van der Waals surface area contributed by atoms with Crippen LogP contribution in [0, 0.1) is 23.7 Å². The first-order chi connectivity index (χ1) is 26.5. The standard InChI is InChI=1S/C40H71N7O9/c1-24(2)18-28(45-39(55)30-11-5-7-13-32(30)42)21-34(48)43-26(10-9-17-41)20-36(50)47-33-14-8-6-12-31(33)40(56)46-29(19-25(3)4)22-35(49)44-27(23-38(53)54)15-16-37(51)52/h24-33H,5-23,41-42H2,1-4H3,(H,43,48)(H,44,49)(H,45,55)(H,46,56)(H,47,50)(H,51,52)(H,53,54)/t26-,27-,28-,29-,30+,31+,32+,33+/m0/s1. The van der Waals surface area contributed by atoms with E-state index < -0.39 is 54.4 Å². The summed E-state index contributed by atoms with van der Waals surface area (Å²) >= 11 is 0. The monoisotopic (exact) mass is 794 g/mol. The lowest BCUT2D eigenvalue weighted by molar-refractivity contribution is -0.140. The number of carboxylic acids is 2. The lowest BCUT2D eigenvalue weighted by atomic mass is 9.83. The van der Waals surface area contributed by atoms with Crippen LogP contribution >= 0.6 is 0 Å². The Hall–Kier alpha value is -3.79. The van der Waals surface area contributed by atoms with Gasteiger partial charge in [0.15, 0.2) is 0 Å². The van der Waals surface area contributed by atoms with Gasteiger partial charge in [-0.2, -0.15) is 0 Å². The number of amides is 5. The zero-order valence-electron chi connectivity index (χ0n) is 34.1. The molecule has 2 fully saturated rings. The molecule has 2 saturated carbocycles. The third-order valence-corrected chi connectivity index (χ3v) is 10.7. The summed E-state index contributed by atoms with van der Waals surface area (Å²) in [6, 6.07) is -2.96. The van der Waals surface area contributed by atoms with Gasteiger partial charge in [-0.1, -0.05) is 53.4 Å². The van der Waals surface area contributed by atoms with Crippen LogP contribution in [0.5, 0.6) is 0 Å². The SMILES string of the molecule is CC(C)C[C@@H](CC(=O)N[C@@H](CCCN)CC(=O)N[C@@H]1CCCC[C@H]1C(=O)N[C@H](CC(=O)N[C@@H](CCC(=O)O)CC(=O)O)CC(C)C)NC(=O)[C@@H]1CCCC[C@H]1N. The molecule has 0 bridgehead atoms. The predicted octanol–water partition coefficient (Wildman–Crippen LogP) is 2.46. The van der Waals surface area contributed by atoms with Crippen molar-refractivity contribution >= 4 is 41.5 Å². The normalized spacial score (nSPS) is 21.9. The van der Waals surface area contributed by atoms with E-state index in [1.54, 1.807) is 0 Å². The van der Waals surface area contributed by atoms with Crippen LogP contribution in [0.25, 0.3) is 0 Å². The average molecular weight is 794 g/mol. The maximum absolute atomic E-state index is 13.7. The molecule has 16 nitrogen and oxygen atoms in total. The molecule has 8 atom stereocenters. The average Bonchev–Trinajstić information content (AvgIpc) is 3.08. The van der Waals surface area contributed by atoms with Crippen molar-refractivity contribution in [2.45, 2.75) is 180 Å². The summed E-state index contributed by atoms with van der Waals surface area (Å²) in [6.45, 7) is 8.35. The molecular weight excluding hydrogens is 722 g/mol. The number of nitrogens with two attached hydrogens (primary N) is 2. The molecule has 0 aromatic rings. The molecule has 0 spiro atoms. The number of carbonyl (C=O) groups excluding carboxylic acids is 5. The molecule has 0 radical (unpaired) electrons. The van der Waals surface area contributed by atoms with E-state index >= 15 is 0 Å². The molecule has 0 saturated heterocycles. The molecule has 2 aliphatic rings. The van der Waals surface area contributed by atoms with Crippen molar-refractivity contribution in [3.63, 3.8) is 0 Å². The summed E-state index contributed by atoms with van der Waals surface area (Å²) in [7, 11) is 0. The minimum absolute atomic E-state index is 0.00968. The molecule has 2 aliphatic carbocycles. The Morgan fingerprint density at radius 2 is 1.07 bits per heavy atom. The Morgan fingerprint density at radius 1 is 0.589 bits per heavy atom. The van der Waals surface area contributed by atoms with Crippen LogP contribution < -0.4 is 38.1 Å². The van der Waals surface area contributed by atoms with Gasteiger partial charge in [-0.3, -0.25) is 33.6 Å². The number of hydrogen-bond acceptors (Lipinski definition) is 9. The van der Waals surface area contributed by atoms with Gasteiger partial charge in [0.1, 0.15) is 0 Å². The maximum atomic E-state index is 13.7. The molecule has 56 heavy (non-hydrogen) atoms. The summed E-state index contributed by atoms with van der Waals surface area (Å²) < 4.78 is 0. The summed E-state index contributed by atoms with van der Waals surface area (Å²) in [5.41, 5.74) is 12.0. The van der Waals surface area contributed by atoms with Gasteiger partial charge in [0, 0.05) is 61.9 Å². The molecule has 0 aromatic heterocycles. The smallest absolute Gasteiger partial charge is 0.305 e. The van der Waals surface area contributed by atoms with Crippen LogP contribution in [0.1, 0.15) is 143 Å². The van der Waals surface area contributed by atoms with Gasteiger partial charge in [-0.05, 0) is 76.2 Å². The highest BCUT2D eigenvalue weighted by Gasteiger charge is 2.35. The van der Waals surface area contributed by atoms with Crippen LogP contribution in [0.3, 0.4) is 0 Å². The van der Waals surface area contributed by atoms with Crippen molar-refractivity contribution < 1.29 is 43.8 Å². The van der Waals surface area contributed by atoms with E-state index in [2.05, 4.69) is 26.6 Å². The molecule has 0 unspecified atom stereocenters. The Bertz CT molecular complexity index is 1300. The van der Waals surface area contributed by atoms with Crippen LogP contribution in [0.2, 0.25) is 0 Å². The lowest BCUT2D eigenvalue weighted by Gasteiger charge is -2.33. The molecule has 0 aromatic carbocycles. The van der Waals surface area contributed by atoms with E-state index in [0.29, 0.717) is 45.1 Å². The van der Waals surface area contributed by atoms with Gasteiger partial charge >= 0.3 is 11.9 Å². The number of carboxylic acid groups (broad SMARTS) is 2. The lowest BCUT2D eigenvalue weighted by Crippen LogP contribution is -2.52. The number of aliphatic carboxylic acids is 2. The highest BCUT2D eigenvalue weighted by Crippen LogP contribution is 2.26. The van der Waals surface area contributed by atoms with Gasteiger partial charge in [0.2, 0.25) is 29.5 Å². The second kappa shape index (κ2) is 25.5. The summed E-state index contributed by atoms with van der Waals surface area (Å²) in [6.07, 6.45) is 7.54. The summed E-state index contributed by atoms with van der Waals surface area (Å²) in [4.78, 5) is 89.2. The molecule has 11 N–H and O–H groups in total. The number of nitrogens with one attached hydrogen (secondary N) is 5. The van der Waals surface area contributed by atoms with Crippen LogP contribution in [0.4, 0.5) is 0 Å². The Balaban J connectivity index is 2.05. The largest absolute Gasteiger partial charge is 0.481 e. The Labute approximate surface area is 332 Å². The molecule has 2 rings (SSSR count). The first-order valence-electron chi connectivity index (χ1n) is 20.8. The minimum Gasteiger partial charge on any atom is -0.481 e. The molecule has 5 amide bonds. The first-order valence-corrected chi connectivity index (χ1v) is 20.8. The van der Waals surface area contributed by atoms with Crippen molar-refractivity contribution in [3.8, 4) is 0 Å². The third-order valence-electron chi connectivity index (χ3n) is 10.7. The van der Waals surface area contributed by atoms with E-state index in [-0.39, 0.29) is 85.6 Å². The fourth-order valence-corrected chi connectivity index (χ4v) is 8.08. The van der Waals surface area contributed by atoms with Crippen molar-refractivity contribution in [3.05, 3.63) is 0 Å². The zero-order valence-corrected chi connectivity index (χ0v) is 34.1. The van der Waals surface area contributed by atoms with Gasteiger partial charge in [-0.25, -0.2) is 0 Å². The first kappa shape index (κ1) is 48.4. The van der Waals surface area contributed by atoms with Gasteiger partial charge < -0.3 is 48.3 Å². The number of hydrogen-bond donors (Lipinski definition) is 9. The van der Waals surface area contributed by atoms with Crippen LogP contribution in [0.15, 0.2) is 0 Å². The van der Waals surface area contributed by atoms with Crippen molar-refractivity contribution in [2.75, 3.05) is 6.54 Å². The predicted molar refractivity (Wildman–Crippen MR) is 212 cm³/mol. The van der Waals surface area contributed by atoms with E-state index in [4.69, 9.17) is 16.6 Å². The van der Waals surface area contributed by atoms with Crippen molar-refractivity contribution in [2.24, 2.45) is 35.1 Å². The Morgan fingerprint density at radius 3 is 1.57 bits per heavy atom. The fourth-order valence-electron chi connectivity index (χ4n) is 8.08. The molecule has 16 heteroatoms. The highest BCUT2D eigenvalue weighted by molar-refractivity contribution is 5.85. The van der Waals surface area contributed by atoms with E-state index in [9.17, 15) is 38.7 Å². The number of carbonyl (C=O) groups is 7. The van der Waals surface area contributed by atoms with Gasteiger partial charge in [0.25, 0.3) is 0 Å². The van der Waals surface area contributed by atoms with Gasteiger partial charge in [0.05, 0.1) is 18.3 Å². The Kier molecular flexibility index (Phi) is 22.0. The number of rotatable bonds is 25. The van der Waals surface area contributed by atoms with Crippen molar-refractivity contribution in [1.82, 2.24) is 26.6 Å². The quantitative estimate of drug-likeness (QED) is 0.0648. The molecular formula is C40H71N7O9. The highest BCUT2D eigenvalue weighted by atomic mass is 16.4. The van der Waals surface area contributed by atoms with Crippen LogP contribution in [-0.4, -0.2) is 94.5 Å². The zero-order chi connectivity index (χ0) is 41.8. The van der Waals surface area contributed by atoms with E-state index in [1.807, 2.05) is 27.7 Å². The summed E-state index contributed by atoms with van der Waals surface area (Å²) in [5, 5.41) is 33.1. The third kappa shape index (κ3) is 19.4. The second-order valence-electron chi connectivity index (χ2n) is 16.9. The van der Waals surface area contributed by atoms with Crippen molar-refractivity contribution in [1.29, 1.82) is 0 Å². The van der Waals surface area contributed by atoms with Crippen LogP contribution in [-0.2, 0) is 33.6 Å². The minimum atomic E-state index is -1.16. The summed E-state index contributed by atoms with van der Waals surface area (Å²) in [5.74, 6) is -4.20. The fraction of sp³-hybridized carbons (Fsp3) is 0.825. The maximum Gasteiger partial charge on any atom is 0.305 e. The molecule has 320 valence electrons. The molecule has 0 heterocycles. The topological polar surface area (TPSA) is 272 Å². The van der Waals surface area contributed by atoms with E-state index in [0.717, 1.165) is 38.5 Å². The second-order valence-corrected chi connectivity index (χ2v) is 16.9. The molecule has 0 aliphatic heterocycles. The van der Waals surface area contributed by atoms with E-state index in [1.165, 1.54) is 0 Å².